The van der Waals surface area contributed by atoms with E-state index in [1.165, 1.54) is 24.3 Å². The molecule has 0 bridgehead atoms. The lowest BCUT2D eigenvalue weighted by Gasteiger charge is -2.05. The van der Waals surface area contributed by atoms with Gasteiger partial charge in [-0.2, -0.15) is 10.2 Å². The maximum atomic E-state index is 11.0. The van der Waals surface area contributed by atoms with E-state index in [-0.39, 0.29) is 10.6 Å². The Kier molecular flexibility index (Phi) is 5.99. The number of thiol groups is 1. The number of benzene rings is 4. The molecule has 0 heterocycles. The first-order chi connectivity index (χ1) is 15.3. The first-order valence-corrected chi connectivity index (χ1v) is 11.1. The maximum absolute atomic E-state index is 11.0. The Labute approximate surface area is 189 Å². The lowest BCUT2D eigenvalue weighted by Crippen LogP contribution is -1.97. The highest BCUT2D eigenvalue weighted by atomic mass is 32.2. The van der Waals surface area contributed by atoms with Crippen molar-refractivity contribution in [3.63, 3.8) is 0 Å². The Hall–Kier alpha value is -3.60. The van der Waals surface area contributed by atoms with Gasteiger partial charge in [0.25, 0.3) is 0 Å². The van der Waals surface area contributed by atoms with Crippen LogP contribution in [0.4, 0.5) is 22.7 Å². The smallest absolute Gasteiger partial charge is 0.143 e. The van der Waals surface area contributed by atoms with Gasteiger partial charge < -0.3 is 9.66 Å². The molecule has 0 unspecified atom stereocenters. The summed E-state index contributed by atoms with van der Waals surface area (Å²) in [6.07, 6.45) is 0. The molecule has 1 N–H and O–H groups in total. The minimum atomic E-state index is -4.51. The van der Waals surface area contributed by atoms with Crippen LogP contribution in [0, 0.1) is 0 Å². The van der Waals surface area contributed by atoms with E-state index in [4.69, 9.17) is 0 Å². The molecular weight excluding hydrogens is 448 g/mol. The quantitative estimate of drug-likeness (QED) is 0.197. The number of hydrogen-bond donors (Lipinski definition) is 2. The number of aromatic hydroxyl groups is 1. The summed E-state index contributed by atoms with van der Waals surface area (Å²) in [5, 5.41) is 28.4. The molecule has 0 aliphatic rings. The van der Waals surface area contributed by atoms with Gasteiger partial charge in [0.05, 0.1) is 22.0 Å². The molecule has 0 saturated heterocycles. The van der Waals surface area contributed by atoms with Crippen molar-refractivity contribution >= 4 is 56.3 Å². The van der Waals surface area contributed by atoms with Crippen LogP contribution in [0.1, 0.15) is 0 Å². The molecule has 32 heavy (non-hydrogen) atoms. The fourth-order valence-corrected chi connectivity index (χ4v) is 3.63. The molecule has 0 saturated carbocycles. The number of rotatable bonds is 5. The summed E-state index contributed by atoms with van der Waals surface area (Å²) in [4.78, 5) is 0.166. The van der Waals surface area contributed by atoms with Crippen molar-refractivity contribution in [1.29, 1.82) is 0 Å². The molecule has 8 nitrogen and oxygen atoms in total. The summed E-state index contributed by atoms with van der Waals surface area (Å²) in [5.74, 6) is 0.0226. The van der Waals surface area contributed by atoms with Gasteiger partial charge in [-0.05, 0) is 53.9 Å². The number of fused-ring (bicyclic) bond motifs is 1. The Bertz CT molecular complexity index is 1470. The molecule has 0 amide bonds. The van der Waals surface area contributed by atoms with Crippen LogP contribution in [0.15, 0.2) is 109 Å². The van der Waals surface area contributed by atoms with Crippen LogP contribution in [0.5, 0.6) is 5.75 Å². The van der Waals surface area contributed by atoms with Crippen molar-refractivity contribution in [2.24, 2.45) is 20.5 Å². The zero-order valence-corrected chi connectivity index (χ0v) is 18.0. The van der Waals surface area contributed by atoms with Gasteiger partial charge in [-0.3, -0.25) is 0 Å². The third kappa shape index (κ3) is 4.83. The highest BCUT2D eigenvalue weighted by Gasteiger charge is 2.07. The monoisotopic (exact) mass is 463 g/mol. The van der Waals surface area contributed by atoms with E-state index < -0.39 is 10.1 Å². The average Bonchev–Trinajstić information content (AvgIpc) is 2.78. The van der Waals surface area contributed by atoms with E-state index in [9.17, 15) is 18.1 Å². The van der Waals surface area contributed by atoms with E-state index in [1.807, 2.05) is 24.3 Å². The summed E-state index contributed by atoms with van der Waals surface area (Å²) in [6, 6.07) is 21.0. The Morgan fingerprint density at radius 3 is 2.19 bits per heavy atom. The summed E-state index contributed by atoms with van der Waals surface area (Å²) in [6.45, 7) is 0. The summed E-state index contributed by atoms with van der Waals surface area (Å²) >= 11 is 4.42. The van der Waals surface area contributed by atoms with Gasteiger partial charge in [-0.25, -0.2) is 8.42 Å². The third-order valence-electron chi connectivity index (χ3n) is 4.50. The molecule has 0 radical (unpaired) electrons. The normalized spacial score (nSPS) is 12.2. The second kappa shape index (κ2) is 8.87. The van der Waals surface area contributed by atoms with Gasteiger partial charge in [0.2, 0.25) is 0 Å². The highest BCUT2D eigenvalue weighted by Crippen LogP contribution is 2.37. The maximum Gasteiger partial charge on any atom is 0.143 e. The fraction of sp³-hybridized carbons (Fsp3) is 0. The molecule has 0 aromatic heterocycles. The van der Waals surface area contributed by atoms with E-state index in [0.29, 0.717) is 27.6 Å². The Morgan fingerprint density at radius 2 is 1.47 bits per heavy atom. The van der Waals surface area contributed by atoms with Crippen molar-refractivity contribution in [3.8, 4) is 5.75 Å². The predicted molar refractivity (Wildman–Crippen MR) is 122 cm³/mol. The standard InChI is InChI=1S/C22H16N4O4S2/c27-20-12-5-14-3-1-2-4-18(14)22(20)26-25-19-11-8-16(13-21(19)31)24-23-15-6-9-17(10-7-15)32(28,29)30/h1-13,27,31H,(H,28,29,30)/p-1. The number of azo groups is 2. The molecule has 4 aromatic carbocycles. The molecule has 0 atom stereocenters. The van der Waals surface area contributed by atoms with Crippen LogP contribution >= 0.6 is 12.6 Å². The van der Waals surface area contributed by atoms with Crippen molar-refractivity contribution in [1.82, 2.24) is 0 Å². The van der Waals surface area contributed by atoms with Gasteiger partial charge in [-0.1, -0.05) is 30.3 Å². The molecule has 4 rings (SSSR count). The molecule has 10 heteroatoms. The lowest BCUT2D eigenvalue weighted by molar-refractivity contribution is 0.463. The Morgan fingerprint density at radius 1 is 0.781 bits per heavy atom. The summed E-state index contributed by atoms with van der Waals surface area (Å²) < 4.78 is 32.9. The van der Waals surface area contributed by atoms with Crippen LogP contribution in [0.25, 0.3) is 10.8 Å². The van der Waals surface area contributed by atoms with Crippen LogP contribution in [-0.4, -0.2) is 18.1 Å². The number of hydrogen-bond acceptors (Lipinski definition) is 9. The van der Waals surface area contributed by atoms with Crippen molar-refractivity contribution in [2.75, 3.05) is 0 Å². The van der Waals surface area contributed by atoms with E-state index in [0.717, 1.165) is 10.8 Å². The van der Waals surface area contributed by atoms with Crippen molar-refractivity contribution < 1.29 is 18.1 Å². The van der Waals surface area contributed by atoms with Crippen LogP contribution < -0.4 is 0 Å². The first-order valence-electron chi connectivity index (χ1n) is 9.24. The number of nitrogens with zero attached hydrogens (tertiary/aromatic N) is 4. The minimum Gasteiger partial charge on any atom is -0.744 e. The summed E-state index contributed by atoms with van der Waals surface area (Å²) in [7, 11) is -4.51. The zero-order chi connectivity index (χ0) is 22.7. The van der Waals surface area contributed by atoms with Gasteiger partial charge in [0, 0.05) is 10.3 Å². The first kappa shape index (κ1) is 21.6. The SMILES string of the molecule is O=S(=O)([O-])c1ccc(N=Nc2ccc(N=Nc3c(O)ccc4ccccc34)c(S)c2)cc1. The lowest BCUT2D eigenvalue weighted by atomic mass is 10.1. The van der Waals surface area contributed by atoms with Crippen LogP contribution in [0.2, 0.25) is 0 Å². The van der Waals surface area contributed by atoms with E-state index in [2.05, 4.69) is 33.1 Å². The van der Waals surface area contributed by atoms with Gasteiger partial charge in [-0.15, -0.1) is 22.9 Å². The van der Waals surface area contributed by atoms with E-state index >= 15 is 0 Å². The molecule has 160 valence electrons. The molecule has 0 aliphatic heterocycles. The molecule has 4 aromatic rings. The number of phenolic OH excluding ortho intramolecular Hbond substituents is 1. The van der Waals surface area contributed by atoms with Gasteiger partial charge >= 0.3 is 0 Å². The second-order valence-corrected chi connectivity index (χ2v) is 8.54. The molecule has 0 aliphatic carbocycles. The van der Waals surface area contributed by atoms with Gasteiger partial charge in [0.15, 0.2) is 0 Å². The zero-order valence-electron chi connectivity index (χ0n) is 16.3. The molecule has 0 fully saturated rings. The molecular formula is C22H15N4O4S2-. The Balaban J connectivity index is 1.55. The second-order valence-electron chi connectivity index (χ2n) is 6.68. The topological polar surface area (TPSA) is 127 Å². The van der Waals surface area contributed by atoms with Crippen molar-refractivity contribution in [2.45, 2.75) is 9.79 Å². The highest BCUT2D eigenvalue weighted by molar-refractivity contribution is 7.85. The largest absolute Gasteiger partial charge is 0.744 e. The van der Waals surface area contributed by atoms with Crippen LogP contribution in [-0.2, 0) is 10.1 Å². The van der Waals surface area contributed by atoms with E-state index in [1.54, 1.807) is 30.3 Å². The van der Waals surface area contributed by atoms with Crippen LogP contribution in [0.3, 0.4) is 0 Å². The fourth-order valence-electron chi connectivity index (χ4n) is 2.91. The third-order valence-corrected chi connectivity index (χ3v) is 5.71. The number of phenols is 1. The van der Waals surface area contributed by atoms with Gasteiger partial charge in [0.1, 0.15) is 21.6 Å². The predicted octanol–water partition coefficient (Wildman–Crippen LogP) is 6.57. The minimum absolute atomic E-state index is 0.0226. The molecule has 0 spiro atoms. The van der Waals surface area contributed by atoms with Crippen molar-refractivity contribution in [3.05, 3.63) is 78.9 Å². The average molecular weight is 464 g/mol. The summed E-state index contributed by atoms with van der Waals surface area (Å²) in [5.41, 5.74) is 1.71.